The summed E-state index contributed by atoms with van der Waals surface area (Å²) >= 11 is 0. The van der Waals surface area contributed by atoms with Gasteiger partial charge in [0.2, 0.25) is 0 Å². The van der Waals surface area contributed by atoms with E-state index in [2.05, 4.69) is 25.6 Å². The molecule has 19 nitrogen and oxygen atoms in total. The molecule has 0 aromatic heterocycles. The first kappa shape index (κ1) is 76.5. The Hall–Kier alpha value is -6.79. The Morgan fingerprint density at radius 2 is 0.674 bits per heavy atom. The monoisotopic (exact) mass is 1250 g/mol. The van der Waals surface area contributed by atoms with E-state index in [-0.39, 0.29) is 127 Å². The fourth-order valence-electron chi connectivity index (χ4n) is 9.83. The lowest BCUT2D eigenvalue weighted by atomic mass is 9.77. The summed E-state index contributed by atoms with van der Waals surface area (Å²) in [7, 11) is 0. The molecular formula is C70H104O19. The smallest absolute Gasteiger partial charge is 0.343 e. The van der Waals surface area contributed by atoms with Gasteiger partial charge in [0.15, 0.2) is 0 Å². The Labute approximate surface area is 529 Å². The van der Waals surface area contributed by atoms with Gasteiger partial charge in [-0.15, -0.1) is 0 Å². The van der Waals surface area contributed by atoms with Crippen molar-refractivity contribution in [3.05, 3.63) is 71.8 Å². The van der Waals surface area contributed by atoms with Crippen LogP contribution in [0.3, 0.4) is 0 Å². The molecule has 89 heavy (non-hydrogen) atoms. The summed E-state index contributed by atoms with van der Waals surface area (Å²) in [4.78, 5) is 108. The number of carbonyl (C=O) groups is 9. The van der Waals surface area contributed by atoms with Crippen molar-refractivity contribution in [1.82, 2.24) is 0 Å². The highest BCUT2D eigenvalue weighted by Gasteiger charge is 2.22. The van der Waals surface area contributed by atoms with E-state index >= 15 is 0 Å². The molecule has 1 aliphatic rings. The van der Waals surface area contributed by atoms with Crippen LogP contribution < -0.4 is 9.47 Å². The maximum Gasteiger partial charge on any atom is 0.343 e. The van der Waals surface area contributed by atoms with E-state index in [4.69, 9.17) is 47.4 Å². The molecule has 0 N–H and O–H groups in total. The van der Waals surface area contributed by atoms with Gasteiger partial charge in [0, 0.05) is 50.5 Å². The fraction of sp³-hybridized carbons (Fsp3) is 0.671. The summed E-state index contributed by atoms with van der Waals surface area (Å²) < 4.78 is 53.4. The molecule has 19 heteroatoms. The lowest BCUT2D eigenvalue weighted by molar-refractivity contribution is -0.146. The van der Waals surface area contributed by atoms with Gasteiger partial charge in [-0.1, -0.05) is 38.5 Å². The Morgan fingerprint density at radius 1 is 0.371 bits per heavy atom. The van der Waals surface area contributed by atoms with Crippen molar-refractivity contribution < 1.29 is 90.5 Å². The number of hydrogen-bond acceptors (Lipinski definition) is 19. The van der Waals surface area contributed by atoms with Crippen LogP contribution in [0.5, 0.6) is 11.5 Å². The molecule has 0 heterocycles. The molecule has 0 bridgehead atoms. The van der Waals surface area contributed by atoms with E-state index in [1.165, 1.54) is 44.1 Å². The van der Waals surface area contributed by atoms with E-state index in [0.717, 1.165) is 38.0 Å². The van der Waals surface area contributed by atoms with E-state index in [0.29, 0.717) is 151 Å². The summed E-state index contributed by atoms with van der Waals surface area (Å²) in [6.07, 6.45) is 23.0. The number of carbonyl (C=O) groups excluding carboxylic acids is 9. The molecule has 0 atom stereocenters. The summed E-state index contributed by atoms with van der Waals surface area (Å²) in [5, 5.41) is 0. The molecule has 1 fully saturated rings. The predicted octanol–water partition coefficient (Wildman–Crippen LogP) is 14.2. The van der Waals surface area contributed by atoms with Gasteiger partial charge in [0.05, 0.1) is 65.0 Å². The van der Waals surface area contributed by atoms with Gasteiger partial charge in [-0.05, 0) is 221 Å². The maximum atomic E-state index is 12.8. The minimum Gasteiger partial charge on any atom is -0.494 e. The van der Waals surface area contributed by atoms with Crippen LogP contribution in [0.2, 0.25) is 0 Å². The van der Waals surface area contributed by atoms with Gasteiger partial charge in [-0.3, -0.25) is 33.6 Å². The number of esters is 9. The fourth-order valence-corrected chi connectivity index (χ4v) is 9.83. The average Bonchev–Trinajstić information content (AvgIpc) is 3.68. The molecule has 0 saturated heterocycles. The lowest BCUT2D eigenvalue weighted by Gasteiger charge is -2.28. The summed E-state index contributed by atoms with van der Waals surface area (Å²) in [6, 6.07) is 15.0. The molecule has 0 aliphatic heterocycles. The van der Waals surface area contributed by atoms with Crippen LogP contribution in [-0.4, -0.2) is 113 Å². The highest BCUT2D eigenvalue weighted by molar-refractivity contribution is 5.91. The van der Waals surface area contributed by atoms with Crippen molar-refractivity contribution in [3.63, 3.8) is 0 Å². The van der Waals surface area contributed by atoms with Crippen LogP contribution in [0, 0.1) is 5.92 Å². The number of ether oxygens (including phenoxy) is 10. The first-order valence-electron chi connectivity index (χ1n) is 33.2. The highest BCUT2D eigenvalue weighted by Crippen LogP contribution is 2.38. The van der Waals surface area contributed by atoms with E-state index in [1.807, 2.05) is 12.1 Å². The average molecular weight is 1250 g/mol. The second-order valence-corrected chi connectivity index (χ2v) is 23.0. The second-order valence-electron chi connectivity index (χ2n) is 23.0. The van der Waals surface area contributed by atoms with E-state index in [9.17, 15) is 43.2 Å². The van der Waals surface area contributed by atoms with Crippen molar-refractivity contribution in [3.8, 4) is 11.5 Å². The topological polar surface area (TPSA) is 246 Å². The normalized spacial score (nSPS) is 13.5. The number of unbranched alkanes of at least 4 members (excludes halogenated alkanes) is 13. The molecule has 2 aromatic rings. The zero-order valence-corrected chi connectivity index (χ0v) is 53.6. The van der Waals surface area contributed by atoms with Crippen molar-refractivity contribution in [1.29, 1.82) is 0 Å². The van der Waals surface area contributed by atoms with Gasteiger partial charge < -0.3 is 47.4 Å². The van der Waals surface area contributed by atoms with Crippen LogP contribution in [0.25, 0.3) is 0 Å². The lowest BCUT2D eigenvalue weighted by Crippen LogP contribution is -2.13. The van der Waals surface area contributed by atoms with Crippen LogP contribution in [0.4, 0.5) is 0 Å². The molecular weight excluding hydrogens is 1140 g/mol. The molecule has 0 unspecified atom stereocenters. The van der Waals surface area contributed by atoms with Crippen molar-refractivity contribution in [2.45, 2.75) is 238 Å². The van der Waals surface area contributed by atoms with Crippen LogP contribution in [0.15, 0.2) is 60.7 Å². The Balaban J connectivity index is 0.992. The zero-order valence-electron chi connectivity index (χ0n) is 53.6. The molecule has 0 radical (unpaired) electrons. The Morgan fingerprint density at radius 3 is 1.02 bits per heavy atom. The largest absolute Gasteiger partial charge is 0.494 e. The SMILES string of the molecule is C=C(C)C(=O)OCCCCC(=O)OCCCCC(=O)OCCCCCC(=O)OCCCCC(=O)OCCCCCC(=O)OCCCCC(=O)OCCCCCC(=O)OCCCCCCOc1ccc(C(=O)Oc2ccc([C@H]3CC[C@H](CCC)CC3)cc2)cc1. The first-order valence-corrected chi connectivity index (χ1v) is 33.2. The molecule has 1 saturated carbocycles. The van der Waals surface area contributed by atoms with Gasteiger partial charge >= 0.3 is 53.7 Å². The first-order chi connectivity index (χ1) is 43.2. The minimum absolute atomic E-state index is 0.215. The predicted molar refractivity (Wildman–Crippen MR) is 335 cm³/mol. The second kappa shape index (κ2) is 50.0. The molecule has 1 aliphatic carbocycles. The van der Waals surface area contributed by atoms with E-state index < -0.39 is 11.9 Å². The summed E-state index contributed by atoms with van der Waals surface area (Å²) in [6.45, 7) is 9.94. The molecule has 0 spiro atoms. The molecule has 498 valence electrons. The number of benzene rings is 2. The number of rotatable bonds is 52. The molecule has 0 amide bonds. The van der Waals surface area contributed by atoms with Gasteiger partial charge in [0.1, 0.15) is 11.5 Å². The standard InChI is InChI=1S/C70H104O19/c1-4-26-56-34-36-57(37-35-56)58-38-44-61(45-39-58)89-70(79)59-40-42-60(43-41-59)80-46-17-5-6-18-47-81-62(71)27-10-7-19-48-82-65(74)30-13-22-51-85-63(72)28-11-8-20-49-83-66(75)31-14-23-52-86-64(73)29-12-9-21-50-84-67(76)32-15-24-53-87-68(77)33-16-25-54-88-69(78)55(2)3/h38-45,56-57H,2,4-37,46-54H2,1,3H3/t56-,57-. The highest BCUT2D eigenvalue weighted by atomic mass is 16.6. The third kappa shape index (κ3) is 40.5. The summed E-state index contributed by atoms with van der Waals surface area (Å²) in [5.74, 6) is -0.299. The van der Waals surface area contributed by atoms with E-state index in [1.54, 1.807) is 31.2 Å². The number of hydrogen-bond donors (Lipinski definition) is 0. The zero-order chi connectivity index (χ0) is 64.4. The van der Waals surface area contributed by atoms with Gasteiger partial charge in [-0.25, -0.2) is 9.59 Å². The Kier molecular flexibility index (Phi) is 43.0. The molecule has 3 rings (SSSR count). The van der Waals surface area contributed by atoms with Crippen LogP contribution in [-0.2, 0) is 76.3 Å². The van der Waals surface area contributed by atoms with Gasteiger partial charge in [0.25, 0.3) is 0 Å². The van der Waals surface area contributed by atoms with Crippen LogP contribution >= 0.6 is 0 Å². The van der Waals surface area contributed by atoms with Crippen LogP contribution in [0.1, 0.15) is 254 Å². The third-order valence-corrected chi connectivity index (χ3v) is 15.1. The molecule has 2 aromatic carbocycles. The van der Waals surface area contributed by atoms with Crippen molar-refractivity contribution in [2.75, 3.05) is 59.5 Å². The minimum atomic E-state index is -0.449. The van der Waals surface area contributed by atoms with Crippen molar-refractivity contribution >= 4 is 53.7 Å². The van der Waals surface area contributed by atoms with Crippen molar-refractivity contribution in [2.24, 2.45) is 5.92 Å². The summed E-state index contributed by atoms with van der Waals surface area (Å²) in [5.41, 5.74) is 2.12. The van der Waals surface area contributed by atoms with Gasteiger partial charge in [-0.2, -0.15) is 0 Å². The third-order valence-electron chi connectivity index (χ3n) is 15.1. The quantitative estimate of drug-likeness (QED) is 0.0196. The Bertz CT molecular complexity index is 2340. The maximum absolute atomic E-state index is 12.8.